The molecule has 1 aromatic heterocycles. The molecular weight excluding hydrogens is 174 g/mol. The summed E-state index contributed by atoms with van der Waals surface area (Å²) in [6.07, 6.45) is 0. The second kappa shape index (κ2) is 2.49. The topological polar surface area (TPSA) is 26.0 Å². The minimum Gasteiger partial charge on any atom is -0.355 e. The molecule has 1 heterocycles. The Labute approximate surface area is 75.1 Å². The van der Waals surface area contributed by atoms with Crippen molar-refractivity contribution in [3.63, 3.8) is 0 Å². The zero-order valence-electron chi connectivity index (χ0n) is 6.89. The van der Waals surface area contributed by atoms with Crippen molar-refractivity contribution in [1.29, 1.82) is 0 Å². The van der Waals surface area contributed by atoms with Crippen LogP contribution in [0.1, 0.15) is 11.1 Å². The Balaban J connectivity index is 2.96. The van der Waals surface area contributed by atoms with Gasteiger partial charge in [0.25, 0.3) is 0 Å². The smallest absolute Gasteiger partial charge is 0.180 e. The summed E-state index contributed by atoms with van der Waals surface area (Å²) in [5.41, 5.74) is 3.09. The molecule has 0 fully saturated rings. The van der Waals surface area contributed by atoms with Gasteiger partial charge in [-0.25, -0.2) is 0 Å². The van der Waals surface area contributed by atoms with Crippen LogP contribution in [0.2, 0.25) is 5.15 Å². The van der Waals surface area contributed by atoms with Crippen LogP contribution in [0.3, 0.4) is 0 Å². The fraction of sp³-hybridized carbons (Fsp3) is 0.222. The molecule has 0 atom stereocenters. The quantitative estimate of drug-likeness (QED) is 0.624. The van der Waals surface area contributed by atoms with Gasteiger partial charge in [-0.05, 0) is 31.0 Å². The largest absolute Gasteiger partial charge is 0.355 e. The minimum absolute atomic E-state index is 0.450. The van der Waals surface area contributed by atoms with E-state index in [0.717, 1.165) is 16.5 Å². The number of hydrogen-bond acceptors (Lipinski definition) is 2. The van der Waals surface area contributed by atoms with E-state index < -0.39 is 0 Å². The van der Waals surface area contributed by atoms with E-state index in [1.165, 1.54) is 5.56 Å². The van der Waals surface area contributed by atoms with Crippen molar-refractivity contribution in [1.82, 2.24) is 5.16 Å². The normalized spacial score (nSPS) is 10.9. The first kappa shape index (κ1) is 7.62. The van der Waals surface area contributed by atoms with Gasteiger partial charge in [0.2, 0.25) is 0 Å². The van der Waals surface area contributed by atoms with E-state index in [-0.39, 0.29) is 0 Å². The first-order valence-electron chi connectivity index (χ1n) is 3.71. The molecule has 0 amide bonds. The summed E-state index contributed by atoms with van der Waals surface area (Å²) >= 11 is 5.84. The lowest BCUT2D eigenvalue weighted by atomic mass is 10.1. The Morgan fingerprint density at radius 3 is 2.83 bits per heavy atom. The summed E-state index contributed by atoms with van der Waals surface area (Å²) in [6, 6.07) is 3.88. The average Bonchev–Trinajstić information content (AvgIpc) is 2.41. The third kappa shape index (κ3) is 0.916. The van der Waals surface area contributed by atoms with Crippen molar-refractivity contribution in [3.05, 3.63) is 28.4 Å². The van der Waals surface area contributed by atoms with Crippen LogP contribution in [0, 0.1) is 13.8 Å². The van der Waals surface area contributed by atoms with E-state index in [1.54, 1.807) is 0 Å². The SMILES string of the molecule is Cc1ccc2onc(Cl)c2c1C. The van der Waals surface area contributed by atoms with Crippen molar-refractivity contribution in [2.75, 3.05) is 0 Å². The number of fused-ring (bicyclic) bond motifs is 1. The molecule has 0 bridgehead atoms. The van der Waals surface area contributed by atoms with Crippen LogP contribution >= 0.6 is 11.6 Å². The monoisotopic (exact) mass is 181 g/mol. The van der Waals surface area contributed by atoms with Crippen LogP contribution in [0.4, 0.5) is 0 Å². The van der Waals surface area contributed by atoms with Gasteiger partial charge >= 0.3 is 0 Å². The van der Waals surface area contributed by atoms with Gasteiger partial charge in [-0.1, -0.05) is 22.8 Å². The summed E-state index contributed by atoms with van der Waals surface area (Å²) in [5.74, 6) is 0. The van der Waals surface area contributed by atoms with Crippen LogP contribution in [-0.2, 0) is 0 Å². The zero-order valence-corrected chi connectivity index (χ0v) is 7.64. The van der Waals surface area contributed by atoms with Crippen LogP contribution in [-0.4, -0.2) is 5.16 Å². The fourth-order valence-corrected chi connectivity index (χ4v) is 1.53. The van der Waals surface area contributed by atoms with Crippen molar-refractivity contribution < 1.29 is 4.52 Å². The lowest BCUT2D eigenvalue weighted by Crippen LogP contribution is -1.80. The molecule has 3 heteroatoms. The third-order valence-corrected chi connectivity index (χ3v) is 2.39. The van der Waals surface area contributed by atoms with E-state index in [1.807, 2.05) is 26.0 Å². The number of nitrogens with zero attached hydrogens (tertiary/aromatic N) is 1. The van der Waals surface area contributed by atoms with E-state index in [9.17, 15) is 0 Å². The molecule has 0 unspecified atom stereocenters. The zero-order chi connectivity index (χ0) is 8.72. The molecule has 0 radical (unpaired) electrons. The molecule has 2 nitrogen and oxygen atoms in total. The maximum Gasteiger partial charge on any atom is 0.180 e. The van der Waals surface area contributed by atoms with Crippen LogP contribution < -0.4 is 0 Å². The molecule has 62 valence electrons. The fourth-order valence-electron chi connectivity index (χ4n) is 1.26. The van der Waals surface area contributed by atoms with Crippen molar-refractivity contribution in [2.24, 2.45) is 0 Å². The number of benzene rings is 1. The summed E-state index contributed by atoms with van der Waals surface area (Å²) in [7, 11) is 0. The molecule has 0 spiro atoms. The van der Waals surface area contributed by atoms with Gasteiger partial charge in [0.15, 0.2) is 10.7 Å². The van der Waals surface area contributed by atoms with Crippen molar-refractivity contribution in [3.8, 4) is 0 Å². The molecule has 0 saturated carbocycles. The van der Waals surface area contributed by atoms with Crippen LogP contribution in [0.5, 0.6) is 0 Å². The standard InChI is InChI=1S/C9H8ClNO/c1-5-3-4-7-8(6(5)2)9(10)11-12-7/h3-4H,1-2H3. The van der Waals surface area contributed by atoms with E-state index in [4.69, 9.17) is 16.1 Å². The third-order valence-electron chi connectivity index (χ3n) is 2.13. The summed E-state index contributed by atoms with van der Waals surface area (Å²) in [6.45, 7) is 4.05. The van der Waals surface area contributed by atoms with Gasteiger partial charge < -0.3 is 4.52 Å². The Morgan fingerprint density at radius 1 is 1.33 bits per heavy atom. The Morgan fingerprint density at radius 2 is 2.08 bits per heavy atom. The molecule has 1 aromatic carbocycles. The van der Waals surface area contributed by atoms with E-state index in [0.29, 0.717) is 5.15 Å². The highest BCUT2D eigenvalue weighted by atomic mass is 35.5. The molecule has 2 rings (SSSR count). The van der Waals surface area contributed by atoms with Gasteiger partial charge in [-0.2, -0.15) is 0 Å². The maximum absolute atomic E-state index is 5.84. The number of rotatable bonds is 0. The van der Waals surface area contributed by atoms with Gasteiger partial charge in [0.05, 0.1) is 5.39 Å². The predicted molar refractivity (Wildman–Crippen MR) is 48.5 cm³/mol. The molecule has 0 aliphatic rings. The van der Waals surface area contributed by atoms with Crippen LogP contribution in [0.25, 0.3) is 11.0 Å². The van der Waals surface area contributed by atoms with Gasteiger partial charge in [0, 0.05) is 0 Å². The van der Waals surface area contributed by atoms with Gasteiger partial charge in [-0.3, -0.25) is 0 Å². The highest BCUT2D eigenvalue weighted by Gasteiger charge is 2.09. The van der Waals surface area contributed by atoms with E-state index >= 15 is 0 Å². The minimum atomic E-state index is 0.450. The molecule has 0 aliphatic carbocycles. The first-order valence-corrected chi connectivity index (χ1v) is 4.09. The summed E-state index contributed by atoms with van der Waals surface area (Å²) < 4.78 is 5.00. The number of hydrogen-bond donors (Lipinski definition) is 0. The van der Waals surface area contributed by atoms with Gasteiger partial charge in [0.1, 0.15) is 0 Å². The Hall–Kier alpha value is -1.02. The molecule has 0 aliphatic heterocycles. The van der Waals surface area contributed by atoms with Crippen LogP contribution in [0.15, 0.2) is 16.7 Å². The highest BCUT2D eigenvalue weighted by Crippen LogP contribution is 2.27. The lowest BCUT2D eigenvalue weighted by molar-refractivity contribution is 0.457. The average molecular weight is 182 g/mol. The molecule has 0 saturated heterocycles. The molecular formula is C9H8ClNO. The molecule has 12 heavy (non-hydrogen) atoms. The second-order valence-corrected chi connectivity index (χ2v) is 3.21. The van der Waals surface area contributed by atoms with E-state index in [2.05, 4.69) is 5.16 Å². The summed E-state index contributed by atoms with van der Waals surface area (Å²) in [4.78, 5) is 0. The van der Waals surface area contributed by atoms with Crippen molar-refractivity contribution in [2.45, 2.75) is 13.8 Å². The lowest BCUT2D eigenvalue weighted by Gasteiger charge is -1.98. The number of aromatic nitrogens is 1. The number of aryl methyl sites for hydroxylation is 2. The second-order valence-electron chi connectivity index (χ2n) is 2.85. The first-order chi connectivity index (χ1) is 5.70. The van der Waals surface area contributed by atoms with Gasteiger partial charge in [-0.15, -0.1) is 0 Å². The number of halogens is 1. The predicted octanol–water partition coefficient (Wildman–Crippen LogP) is 3.10. The summed E-state index contributed by atoms with van der Waals surface area (Å²) in [5, 5.41) is 5.07. The Kier molecular flexibility index (Phi) is 1.58. The Bertz CT molecular complexity index is 433. The molecule has 0 N–H and O–H groups in total. The maximum atomic E-state index is 5.84. The van der Waals surface area contributed by atoms with Crippen molar-refractivity contribution >= 4 is 22.6 Å². The molecule has 2 aromatic rings. The highest BCUT2D eigenvalue weighted by molar-refractivity contribution is 6.34.